The minimum absolute atomic E-state index is 0.134. The molecule has 0 radical (unpaired) electrons. The van der Waals surface area contributed by atoms with Crippen LogP contribution in [0, 0.1) is 5.92 Å². The van der Waals surface area contributed by atoms with E-state index in [9.17, 15) is 4.79 Å². The van der Waals surface area contributed by atoms with Crippen LogP contribution < -0.4 is 15.0 Å². The van der Waals surface area contributed by atoms with Gasteiger partial charge in [-0.15, -0.1) is 0 Å². The Morgan fingerprint density at radius 1 is 1.19 bits per heavy atom. The van der Waals surface area contributed by atoms with Crippen molar-refractivity contribution < 1.29 is 9.47 Å². The molecule has 0 saturated carbocycles. The van der Waals surface area contributed by atoms with Gasteiger partial charge in [-0.3, -0.25) is 4.79 Å². The Hall–Kier alpha value is -2.30. The summed E-state index contributed by atoms with van der Waals surface area (Å²) in [6.07, 6.45) is 0.779. The summed E-state index contributed by atoms with van der Waals surface area (Å²) >= 11 is 0. The topological polar surface area (TPSA) is 64.2 Å². The van der Waals surface area contributed by atoms with Gasteiger partial charge in [0.05, 0.1) is 0 Å². The lowest BCUT2D eigenvalue weighted by molar-refractivity contribution is 0.171. The van der Waals surface area contributed by atoms with Crippen molar-refractivity contribution in [3.8, 4) is 22.9 Å². The summed E-state index contributed by atoms with van der Waals surface area (Å²) in [5.74, 6) is 2.43. The van der Waals surface area contributed by atoms with Crippen LogP contribution in [0.2, 0.25) is 0 Å². The Morgan fingerprint density at radius 2 is 1.95 bits per heavy atom. The van der Waals surface area contributed by atoms with Crippen LogP contribution in [0.15, 0.2) is 29.1 Å². The summed E-state index contributed by atoms with van der Waals surface area (Å²) in [6.45, 7) is 5.30. The average Bonchev–Trinajstić information content (AvgIpc) is 2.45. The normalized spacial score (nSPS) is 13.5. The molecule has 0 amide bonds. The van der Waals surface area contributed by atoms with Gasteiger partial charge in [-0.2, -0.15) is 0 Å². The minimum atomic E-state index is -0.134. The molecular formula is C16H18N2O3. The molecule has 21 heavy (non-hydrogen) atoms. The van der Waals surface area contributed by atoms with Crippen LogP contribution in [0.5, 0.6) is 11.5 Å². The number of nitrogens with one attached hydrogen (secondary N) is 1. The summed E-state index contributed by atoms with van der Waals surface area (Å²) < 4.78 is 11.1. The zero-order valence-electron chi connectivity index (χ0n) is 12.2. The molecule has 0 saturated heterocycles. The van der Waals surface area contributed by atoms with E-state index >= 15 is 0 Å². The van der Waals surface area contributed by atoms with Gasteiger partial charge in [-0.05, 0) is 30.5 Å². The summed E-state index contributed by atoms with van der Waals surface area (Å²) in [6, 6.07) is 7.14. The maximum absolute atomic E-state index is 11.8. The van der Waals surface area contributed by atoms with Crippen LogP contribution in [0.25, 0.3) is 11.4 Å². The molecule has 1 aromatic carbocycles. The number of aromatic amines is 1. The predicted molar refractivity (Wildman–Crippen MR) is 79.8 cm³/mol. The van der Waals surface area contributed by atoms with Gasteiger partial charge in [0.2, 0.25) is 0 Å². The van der Waals surface area contributed by atoms with E-state index in [0.29, 0.717) is 30.7 Å². The van der Waals surface area contributed by atoms with Gasteiger partial charge in [-0.1, -0.05) is 13.8 Å². The third-order valence-corrected chi connectivity index (χ3v) is 3.23. The van der Waals surface area contributed by atoms with Crippen molar-refractivity contribution in [1.82, 2.24) is 9.97 Å². The molecule has 1 aliphatic heterocycles. The fourth-order valence-electron chi connectivity index (χ4n) is 2.36. The van der Waals surface area contributed by atoms with E-state index in [0.717, 1.165) is 23.4 Å². The highest BCUT2D eigenvalue weighted by atomic mass is 16.6. The summed E-state index contributed by atoms with van der Waals surface area (Å²) in [5.41, 5.74) is 1.49. The molecule has 2 heterocycles. The highest BCUT2D eigenvalue weighted by molar-refractivity contribution is 5.61. The largest absolute Gasteiger partial charge is 0.486 e. The fourth-order valence-corrected chi connectivity index (χ4v) is 2.36. The molecule has 0 aliphatic carbocycles. The van der Waals surface area contributed by atoms with Crippen LogP contribution >= 0.6 is 0 Å². The molecule has 5 nitrogen and oxygen atoms in total. The van der Waals surface area contributed by atoms with E-state index in [4.69, 9.17) is 9.47 Å². The van der Waals surface area contributed by atoms with Gasteiger partial charge in [0.25, 0.3) is 5.56 Å². The van der Waals surface area contributed by atoms with Crippen LogP contribution in [0.4, 0.5) is 0 Å². The van der Waals surface area contributed by atoms with E-state index in [1.165, 1.54) is 0 Å². The highest BCUT2D eigenvalue weighted by Gasteiger charge is 2.14. The van der Waals surface area contributed by atoms with E-state index in [-0.39, 0.29) is 5.56 Å². The van der Waals surface area contributed by atoms with Crippen LogP contribution in [0.3, 0.4) is 0 Å². The lowest BCUT2D eigenvalue weighted by atomic mass is 10.1. The van der Waals surface area contributed by atoms with Crippen molar-refractivity contribution in [2.24, 2.45) is 5.92 Å². The molecule has 1 N–H and O–H groups in total. The molecule has 2 aromatic rings. The lowest BCUT2D eigenvalue weighted by Crippen LogP contribution is -2.15. The van der Waals surface area contributed by atoms with Crippen molar-refractivity contribution in [1.29, 1.82) is 0 Å². The first-order chi connectivity index (χ1) is 10.1. The molecule has 0 bridgehead atoms. The van der Waals surface area contributed by atoms with Gasteiger partial charge in [0.1, 0.15) is 19.0 Å². The highest BCUT2D eigenvalue weighted by Crippen LogP contribution is 2.33. The number of hydrogen-bond donors (Lipinski definition) is 1. The third-order valence-electron chi connectivity index (χ3n) is 3.23. The van der Waals surface area contributed by atoms with Gasteiger partial charge >= 0.3 is 0 Å². The molecule has 0 spiro atoms. The minimum Gasteiger partial charge on any atom is -0.486 e. The molecule has 1 aromatic heterocycles. The number of rotatable bonds is 3. The second-order valence-corrected chi connectivity index (χ2v) is 5.54. The number of hydrogen-bond acceptors (Lipinski definition) is 4. The Balaban J connectivity index is 1.99. The molecule has 0 unspecified atom stereocenters. The van der Waals surface area contributed by atoms with E-state index in [1.807, 2.05) is 18.2 Å². The van der Waals surface area contributed by atoms with Crippen molar-refractivity contribution in [3.05, 3.63) is 40.3 Å². The Morgan fingerprint density at radius 3 is 2.71 bits per heavy atom. The first-order valence-electron chi connectivity index (χ1n) is 7.12. The molecule has 110 valence electrons. The number of ether oxygens (including phenoxy) is 2. The van der Waals surface area contributed by atoms with Gasteiger partial charge in [0.15, 0.2) is 11.5 Å². The molecule has 3 rings (SSSR count). The second kappa shape index (κ2) is 5.60. The molecular weight excluding hydrogens is 268 g/mol. The molecule has 0 fully saturated rings. The number of fused-ring (bicyclic) bond motifs is 1. The van der Waals surface area contributed by atoms with Gasteiger partial charge in [-0.25, -0.2) is 4.98 Å². The second-order valence-electron chi connectivity index (χ2n) is 5.54. The monoisotopic (exact) mass is 286 g/mol. The number of H-pyrrole nitrogens is 1. The maximum Gasteiger partial charge on any atom is 0.251 e. The smallest absolute Gasteiger partial charge is 0.251 e. The first-order valence-corrected chi connectivity index (χ1v) is 7.12. The average molecular weight is 286 g/mol. The quantitative estimate of drug-likeness (QED) is 0.941. The Bertz CT molecular complexity index is 707. The predicted octanol–water partition coefficient (Wildman–Crippen LogP) is 2.41. The van der Waals surface area contributed by atoms with Crippen molar-refractivity contribution in [2.75, 3.05) is 13.2 Å². The fraction of sp³-hybridized carbons (Fsp3) is 0.375. The van der Waals surface area contributed by atoms with Crippen molar-refractivity contribution in [3.63, 3.8) is 0 Å². The third kappa shape index (κ3) is 3.07. The Labute approximate surface area is 123 Å². The van der Waals surface area contributed by atoms with Gasteiger partial charge < -0.3 is 14.5 Å². The van der Waals surface area contributed by atoms with Crippen molar-refractivity contribution in [2.45, 2.75) is 20.3 Å². The number of nitrogens with zero attached hydrogens (tertiary/aromatic N) is 1. The zero-order valence-corrected chi connectivity index (χ0v) is 12.2. The summed E-state index contributed by atoms with van der Waals surface area (Å²) in [7, 11) is 0. The van der Waals surface area contributed by atoms with E-state index in [1.54, 1.807) is 6.07 Å². The molecule has 0 atom stereocenters. The summed E-state index contributed by atoms with van der Waals surface area (Å²) in [5, 5.41) is 0. The molecule has 5 heteroatoms. The molecule has 1 aliphatic rings. The maximum atomic E-state index is 11.8. The van der Waals surface area contributed by atoms with Crippen LogP contribution in [0.1, 0.15) is 19.5 Å². The number of benzene rings is 1. The van der Waals surface area contributed by atoms with Gasteiger partial charge in [0, 0.05) is 17.3 Å². The Kier molecular flexibility index (Phi) is 3.64. The SMILES string of the molecule is CC(C)Cc1cc(=O)[nH]c(-c2ccc3c(c2)OCCO3)n1. The summed E-state index contributed by atoms with van der Waals surface area (Å²) in [4.78, 5) is 19.1. The van der Waals surface area contributed by atoms with Crippen LogP contribution in [-0.2, 0) is 6.42 Å². The standard InChI is InChI=1S/C16H18N2O3/c1-10(2)7-12-9-15(19)18-16(17-12)11-3-4-13-14(8-11)21-6-5-20-13/h3-4,8-10H,5-7H2,1-2H3,(H,17,18,19). The van der Waals surface area contributed by atoms with E-state index < -0.39 is 0 Å². The first kappa shape index (κ1) is 13.7. The van der Waals surface area contributed by atoms with Crippen molar-refractivity contribution >= 4 is 0 Å². The van der Waals surface area contributed by atoms with E-state index in [2.05, 4.69) is 23.8 Å². The van der Waals surface area contributed by atoms with Crippen LogP contribution in [-0.4, -0.2) is 23.2 Å². The number of aromatic nitrogens is 2. The lowest BCUT2D eigenvalue weighted by Gasteiger charge is -2.18. The zero-order chi connectivity index (χ0) is 14.8.